The van der Waals surface area contributed by atoms with Crippen molar-refractivity contribution >= 4 is 21.6 Å². The molecule has 2 rings (SSSR count). The van der Waals surface area contributed by atoms with Crippen LogP contribution in [0.2, 0.25) is 0 Å². The Morgan fingerprint density at radius 1 is 1.50 bits per heavy atom. The van der Waals surface area contributed by atoms with Gasteiger partial charge in [0.1, 0.15) is 6.07 Å². The Labute approximate surface area is 74.1 Å². The van der Waals surface area contributed by atoms with Gasteiger partial charge in [-0.25, -0.2) is 4.98 Å². The van der Waals surface area contributed by atoms with Crippen molar-refractivity contribution in [3.8, 4) is 6.07 Å². The lowest BCUT2D eigenvalue weighted by Crippen LogP contribution is -1.81. The van der Waals surface area contributed by atoms with Crippen LogP contribution in [-0.2, 0) is 0 Å². The number of aryl methyl sites for hydroxylation is 1. The molecule has 0 saturated heterocycles. The molecule has 0 amide bonds. The van der Waals surface area contributed by atoms with E-state index in [0.29, 0.717) is 0 Å². The van der Waals surface area contributed by atoms with Crippen molar-refractivity contribution < 1.29 is 0 Å². The molecule has 1 aromatic carbocycles. The Bertz CT molecular complexity index is 465. The zero-order valence-electron chi connectivity index (χ0n) is 6.53. The zero-order chi connectivity index (χ0) is 8.55. The minimum absolute atomic E-state index is 0.759. The summed E-state index contributed by atoms with van der Waals surface area (Å²) in [5.41, 5.74) is 4.47. The highest BCUT2D eigenvalue weighted by molar-refractivity contribution is 7.17. The second-order valence-corrected chi connectivity index (χ2v) is 3.42. The summed E-state index contributed by atoms with van der Waals surface area (Å²) in [5, 5.41) is 8.86. The fourth-order valence-corrected chi connectivity index (χ4v) is 2.00. The van der Waals surface area contributed by atoms with Crippen LogP contribution in [0.3, 0.4) is 0 Å². The fraction of sp³-hybridized carbons (Fsp3) is 0.111. The van der Waals surface area contributed by atoms with Crippen molar-refractivity contribution in [2.24, 2.45) is 0 Å². The van der Waals surface area contributed by atoms with Gasteiger partial charge >= 0.3 is 0 Å². The first-order valence-electron chi connectivity index (χ1n) is 3.56. The van der Waals surface area contributed by atoms with Crippen LogP contribution in [-0.4, -0.2) is 4.98 Å². The largest absolute Gasteiger partial charge is 0.245 e. The number of thiazole rings is 1. The maximum atomic E-state index is 8.86. The molecule has 0 N–H and O–H groups in total. The van der Waals surface area contributed by atoms with E-state index in [4.69, 9.17) is 5.26 Å². The minimum Gasteiger partial charge on any atom is -0.245 e. The van der Waals surface area contributed by atoms with Crippen LogP contribution in [0.25, 0.3) is 10.2 Å². The standard InChI is InChI=1S/C9H6N2S/c1-6-2-3-8-9(7(6)4-10)12-5-11-8/h2-3,5H,1H3. The van der Waals surface area contributed by atoms with Gasteiger partial charge < -0.3 is 0 Å². The molecule has 0 aliphatic heterocycles. The second kappa shape index (κ2) is 2.58. The van der Waals surface area contributed by atoms with E-state index < -0.39 is 0 Å². The number of fused-ring (bicyclic) bond motifs is 1. The van der Waals surface area contributed by atoms with Crippen molar-refractivity contribution in [1.29, 1.82) is 5.26 Å². The summed E-state index contributed by atoms with van der Waals surface area (Å²) < 4.78 is 0.998. The van der Waals surface area contributed by atoms with Crippen LogP contribution in [0, 0.1) is 18.3 Å². The molecule has 0 saturated carbocycles. The topological polar surface area (TPSA) is 36.7 Å². The van der Waals surface area contributed by atoms with Crippen molar-refractivity contribution in [2.75, 3.05) is 0 Å². The molecule has 0 spiro atoms. The van der Waals surface area contributed by atoms with Crippen molar-refractivity contribution in [3.63, 3.8) is 0 Å². The van der Waals surface area contributed by atoms with Crippen molar-refractivity contribution in [2.45, 2.75) is 6.92 Å². The Balaban J connectivity index is 2.94. The third-order valence-corrected chi connectivity index (χ3v) is 2.68. The van der Waals surface area contributed by atoms with E-state index in [-0.39, 0.29) is 0 Å². The van der Waals surface area contributed by atoms with E-state index in [9.17, 15) is 0 Å². The van der Waals surface area contributed by atoms with Gasteiger partial charge in [-0.05, 0) is 18.6 Å². The molecule has 0 aliphatic rings. The highest BCUT2D eigenvalue weighted by Gasteiger charge is 2.04. The van der Waals surface area contributed by atoms with Gasteiger partial charge in [-0.1, -0.05) is 6.07 Å². The molecule has 2 aromatic rings. The monoisotopic (exact) mass is 174 g/mol. The highest BCUT2D eigenvalue weighted by atomic mass is 32.1. The lowest BCUT2D eigenvalue weighted by molar-refractivity contribution is 1.41. The number of hydrogen-bond acceptors (Lipinski definition) is 3. The molecule has 0 bridgehead atoms. The van der Waals surface area contributed by atoms with Gasteiger partial charge in [0.05, 0.1) is 21.3 Å². The number of hydrogen-bond donors (Lipinski definition) is 0. The zero-order valence-corrected chi connectivity index (χ0v) is 7.35. The third kappa shape index (κ3) is 0.892. The Morgan fingerprint density at radius 3 is 3.08 bits per heavy atom. The molecule has 0 fully saturated rings. The Hall–Kier alpha value is -1.40. The highest BCUT2D eigenvalue weighted by Crippen LogP contribution is 2.24. The molecule has 0 aliphatic carbocycles. The van der Waals surface area contributed by atoms with Crippen LogP contribution >= 0.6 is 11.3 Å². The normalized spacial score (nSPS) is 10.0. The summed E-state index contributed by atoms with van der Waals surface area (Å²) in [5.74, 6) is 0. The van der Waals surface area contributed by atoms with Crippen LogP contribution in [0.5, 0.6) is 0 Å². The molecule has 2 nitrogen and oxygen atoms in total. The smallest absolute Gasteiger partial charge is 0.101 e. The van der Waals surface area contributed by atoms with E-state index in [2.05, 4.69) is 11.1 Å². The maximum Gasteiger partial charge on any atom is 0.101 e. The van der Waals surface area contributed by atoms with Crippen LogP contribution in [0.1, 0.15) is 11.1 Å². The molecule has 1 heterocycles. The molecule has 1 aromatic heterocycles. The molecule has 0 unspecified atom stereocenters. The van der Waals surface area contributed by atoms with E-state index in [0.717, 1.165) is 21.3 Å². The van der Waals surface area contributed by atoms with Gasteiger partial charge in [0.15, 0.2) is 0 Å². The van der Waals surface area contributed by atoms with Crippen molar-refractivity contribution in [3.05, 3.63) is 28.8 Å². The van der Waals surface area contributed by atoms with Gasteiger partial charge in [0.2, 0.25) is 0 Å². The molecule has 12 heavy (non-hydrogen) atoms. The van der Waals surface area contributed by atoms with Gasteiger partial charge in [-0.15, -0.1) is 11.3 Å². The minimum atomic E-state index is 0.759. The molecule has 58 valence electrons. The van der Waals surface area contributed by atoms with E-state index in [1.54, 1.807) is 5.51 Å². The maximum absolute atomic E-state index is 8.86. The number of aromatic nitrogens is 1. The van der Waals surface area contributed by atoms with E-state index >= 15 is 0 Å². The molecular formula is C9H6N2S. The van der Waals surface area contributed by atoms with Crippen LogP contribution in [0.4, 0.5) is 0 Å². The molecular weight excluding hydrogens is 168 g/mol. The SMILES string of the molecule is Cc1ccc2ncsc2c1C#N. The van der Waals surface area contributed by atoms with Gasteiger partial charge in [0.25, 0.3) is 0 Å². The summed E-state index contributed by atoms with van der Waals surface area (Å²) in [6.45, 7) is 1.94. The van der Waals surface area contributed by atoms with E-state index in [1.807, 2.05) is 19.1 Å². The number of nitriles is 1. The predicted octanol–water partition coefficient (Wildman–Crippen LogP) is 2.48. The van der Waals surface area contributed by atoms with E-state index in [1.165, 1.54) is 11.3 Å². The summed E-state index contributed by atoms with van der Waals surface area (Å²) >= 11 is 1.52. The number of rotatable bonds is 0. The summed E-state index contributed by atoms with van der Waals surface area (Å²) in [7, 11) is 0. The summed E-state index contributed by atoms with van der Waals surface area (Å²) in [6.07, 6.45) is 0. The Morgan fingerprint density at radius 2 is 2.33 bits per heavy atom. The summed E-state index contributed by atoms with van der Waals surface area (Å²) in [6, 6.07) is 6.07. The summed E-state index contributed by atoms with van der Waals surface area (Å²) in [4.78, 5) is 4.14. The first kappa shape index (κ1) is 7.26. The fourth-order valence-electron chi connectivity index (χ4n) is 1.17. The average Bonchev–Trinajstić information content (AvgIpc) is 2.52. The van der Waals surface area contributed by atoms with Gasteiger partial charge in [-0.3, -0.25) is 0 Å². The molecule has 0 atom stereocenters. The quantitative estimate of drug-likeness (QED) is 0.615. The average molecular weight is 174 g/mol. The number of nitrogens with zero attached hydrogens (tertiary/aromatic N) is 2. The first-order chi connectivity index (χ1) is 5.83. The predicted molar refractivity (Wildman–Crippen MR) is 49.1 cm³/mol. The van der Waals surface area contributed by atoms with Gasteiger partial charge in [0, 0.05) is 0 Å². The molecule has 0 radical (unpaired) electrons. The van der Waals surface area contributed by atoms with Crippen LogP contribution in [0.15, 0.2) is 17.6 Å². The van der Waals surface area contributed by atoms with Crippen LogP contribution < -0.4 is 0 Å². The van der Waals surface area contributed by atoms with Gasteiger partial charge in [-0.2, -0.15) is 5.26 Å². The lowest BCUT2D eigenvalue weighted by atomic mass is 10.1. The molecule has 3 heteroatoms. The third-order valence-electron chi connectivity index (χ3n) is 1.82. The Kier molecular flexibility index (Phi) is 1.56. The number of benzene rings is 1. The lowest BCUT2D eigenvalue weighted by Gasteiger charge is -1.95. The van der Waals surface area contributed by atoms with Crippen molar-refractivity contribution in [1.82, 2.24) is 4.98 Å². The first-order valence-corrected chi connectivity index (χ1v) is 4.44. The second-order valence-electron chi connectivity index (χ2n) is 2.57.